The van der Waals surface area contributed by atoms with Crippen LogP contribution >= 0.6 is 0 Å². The number of hydrogen-bond donors (Lipinski definition) is 1. The van der Waals surface area contributed by atoms with Crippen molar-refractivity contribution in [2.45, 2.75) is 64.0 Å². The van der Waals surface area contributed by atoms with Gasteiger partial charge in [0.15, 0.2) is 0 Å². The molecule has 18 heavy (non-hydrogen) atoms. The molecule has 3 nitrogen and oxygen atoms in total. The van der Waals surface area contributed by atoms with E-state index in [0.29, 0.717) is 17.6 Å². The number of unbranched alkanes of at least 4 members (excludes halogenated alkanes) is 1. The van der Waals surface area contributed by atoms with Crippen LogP contribution in [0.1, 0.15) is 51.9 Å². The lowest BCUT2D eigenvalue weighted by Gasteiger charge is -2.54. The summed E-state index contributed by atoms with van der Waals surface area (Å²) in [6, 6.07) is 0.707. The van der Waals surface area contributed by atoms with Crippen LogP contribution in [0.15, 0.2) is 0 Å². The maximum Gasteiger partial charge on any atom is 0.0661 e. The topological polar surface area (TPSA) is 30.5 Å². The van der Waals surface area contributed by atoms with Crippen LogP contribution in [0.4, 0.5) is 0 Å². The van der Waals surface area contributed by atoms with Gasteiger partial charge < -0.3 is 14.8 Å². The fraction of sp³-hybridized carbons (Fsp3) is 1.00. The Hall–Kier alpha value is -0.120. The quantitative estimate of drug-likeness (QED) is 0.677. The van der Waals surface area contributed by atoms with E-state index in [1.807, 2.05) is 0 Å². The second-order valence-electron chi connectivity index (χ2n) is 5.83. The molecular weight excluding hydrogens is 226 g/mol. The highest BCUT2D eigenvalue weighted by atomic mass is 16.5. The Morgan fingerprint density at radius 3 is 2.67 bits per heavy atom. The molecule has 2 rings (SSSR count). The SMILES string of the molecule is CCOC1CC(NCCCCOC)C12CCCC2. The molecule has 2 saturated carbocycles. The summed E-state index contributed by atoms with van der Waals surface area (Å²) >= 11 is 0. The maximum atomic E-state index is 5.93. The molecule has 3 heteroatoms. The van der Waals surface area contributed by atoms with Gasteiger partial charge in [-0.3, -0.25) is 0 Å². The Morgan fingerprint density at radius 2 is 2.00 bits per heavy atom. The summed E-state index contributed by atoms with van der Waals surface area (Å²) in [5, 5.41) is 3.76. The summed E-state index contributed by atoms with van der Waals surface area (Å²) in [4.78, 5) is 0. The first-order valence-electron chi connectivity index (χ1n) is 7.67. The Bertz CT molecular complexity index is 239. The minimum absolute atomic E-state index is 0.483. The summed E-state index contributed by atoms with van der Waals surface area (Å²) in [6.07, 6.45) is 9.66. The van der Waals surface area contributed by atoms with Gasteiger partial charge in [0.2, 0.25) is 0 Å². The van der Waals surface area contributed by atoms with E-state index in [9.17, 15) is 0 Å². The Labute approximate surface area is 112 Å². The summed E-state index contributed by atoms with van der Waals surface area (Å²) < 4.78 is 11.0. The minimum Gasteiger partial charge on any atom is -0.385 e. The number of methoxy groups -OCH3 is 1. The normalized spacial score (nSPS) is 29.7. The van der Waals surface area contributed by atoms with E-state index in [2.05, 4.69) is 12.2 Å². The zero-order valence-corrected chi connectivity index (χ0v) is 12.0. The predicted octanol–water partition coefficient (Wildman–Crippen LogP) is 2.74. The van der Waals surface area contributed by atoms with Gasteiger partial charge in [-0.1, -0.05) is 12.8 Å². The van der Waals surface area contributed by atoms with Crippen LogP contribution in [0.3, 0.4) is 0 Å². The van der Waals surface area contributed by atoms with Crippen LogP contribution in [0.25, 0.3) is 0 Å². The molecule has 0 saturated heterocycles. The predicted molar refractivity (Wildman–Crippen MR) is 73.8 cm³/mol. The lowest BCUT2D eigenvalue weighted by molar-refractivity contribution is -0.130. The summed E-state index contributed by atoms with van der Waals surface area (Å²) in [7, 11) is 1.78. The Kier molecular flexibility index (Phi) is 5.46. The van der Waals surface area contributed by atoms with Gasteiger partial charge in [-0.2, -0.15) is 0 Å². The van der Waals surface area contributed by atoms with Crippen molar-refractivity contribution in [3.63, 3.8) is 0 Å². The molecule has 0 amide bonds. The highest BCUT2D eigenvalue weighted by Crippen LogP contribution is 2.54. The average Bonchev–Trinajstić information content (AvgIpc) is 2.88. The first-order valence-corrected chi connectivity index (χ1v) is 7.67. The molecule has 0 aliphatic heterocycles. The van der Waals surface area contributed by atoms with E-state index in [1.54, 1.807) is 7.11 Å². The molecule has 2 fully saturated rings. The van der Waals surface area contributed by atoms with Crippen LogP contribution < -0.4 is 5.32 Å². The van der Waals surface area contributed by atoms with E-state index in [0.717, 1.165) is 26.2 Å². The van der Waals surface area contributed by atoms with Gasteiger partial charge in [0.05, 0.1) is 6.10 Å². The van der Waals surface area contributed by atoms with E-state index in [-0.39, 0.29) is 0 Å². The van der Waals surface area contributed by atoms with Gasteiger partial charge in [-0.25, -0.2) is 0 Å². The third kappa shape index (κ3) is 2.89. The van der Waals surface area contributed by atoms with E-state index >= 15 is 0 Å². The van der Waals surface area contributed by atoms with Gasteiger partial charge in [0.25, 0.3) is 0 Å². The lowest BCUT2D eigenvalue weighted by Crippen LogP contribution is -2.62. The molecule has 0 bridgehead atoms. The highest BCUT2D eigenvalue weighted by Gasteiger charge is 2.56. The summed E-state index contributed by atoms with van der Waals surface area (Å²) in [5.74, 6) is 0. The third-order valence-electron chi connectivity index (χ3n) is 4.85. The van der Waals surface area contributed by atoms with E-state index in [1.165, 1.54) is 38.5 Å². The van der Waals surface area contributed by atoms with Gasteiger partial charge in [-0.05, 0) is 45.6 Å². The van der Waals surface area contributed by atoms with Crippen molar-refractivity contribution >= 4 is 0 Å². The number of rotatable bonds is 8. The maximum absolute atomic E-state index is 5.93. The van der Waals surface area contributed by atoms with Crippen LogP contribution in [-0.4, -0.2) is 39.0 Å². The minimum atomic E-state index is 0.483. The molecule has 0 radical (unpaired) electrons. The first-order chi connectivity index (χ1) is 8.83. The number of hydrogen-bond acceptors (Lipinski definition) is 3. The van der Waals surface area contributed by atoms with Gasteiger partial charge in [0, 0.05) is 31.8 Å². The molecule has 1 N–H and O–H groups in total. The van der Waals surface area contributed by atoms with Crippen molar-refractivity contribution in [3.8, 4) is 0 Å². The molecule has 0 aromatic heterocycles. The van der Waals surface area contributed by atoms with Crippen LogP contribution in [-0.2, 0) is 9.47 Å². The number of ether oxygens (including phenoxy) is 2. The average molecular weight is 255 g/mol. The molecule has 1 spiro atoms. The fourth-order valence-electron chi connectivity index (χ4n) is 3.82. The van der Waals surface area contributed by atoms with Crippen molar-refractivity contribution in [1.29, 1.82) is 0 Å². The van der Waals surface area contributed by atoms with Crippen molar-refractivity contribution in [3.05, 3.63) is 0 Å². The molecule has 0 heterocycles. The summed E-state index contributed by atoms with van der Waals surface area (Å²) in [5.41, 5.74) is 0.483. The largest absolute Gasteiger partial charge is 0.385 e. The molecular formula is C15H29NO2. The monoisotopic (exact) mass is 255 g/mol. The molecule has 0 aromatic carbocycles. The second-order valence-corrected chi connectivity index (χ2v) is 5.83. The van der Waals surface area contributed by atoms with Gasteiger partial charge in [-0.15, -0.1) is 0 Å². The number of nitrogens with one attached hydrogen (secondary N) is 1. The molecule has 2 unspecified atom stereocenters. The zero-order chi connectivity index (χ0) is 12.8. The van der Waals surface area contributed by atoms with Crippen molar-refractivity contribution in [2.75, 3.05) is 26.9 Å². The second kappa shape index (κ2) is 6.88. The van der Waals surface area contributed by atoms with Gasteiger partial charge >= 0.3 is 0 Å². The van der Waals surface area contributed by atoms with Gasteiger partial charge in [0.1, 0.15) is 0 Å². The van der Waals surface area contributed by atoms with E-state index in [4.69, 9.17) is 9.47 Å². The first kappa shape index (κ1) is 14.3. The van der Waals surface area contributed by atoms with Crippen LogP contribution in [0.5, 0.6) is 0 Å². The zero-order valence-electron chi connectivity index (χ0n) is 12.0. The highest BCUT2D eigenvalue weighted by molar-refractivity contribution is 5.09. The van der Waals surface area contributed by atoms with Crippen molar-refractivity contribution < 1.29 is 9.47 Å². The molecule has 0 aromatic rings. The molecule has 2 aliphatic rings. The Morgan fingerprint density at radius 1 is 1.22 bits per heavy atom. The third-order valence-corrected chi connectivity index (χ3v) is 4.85. The molecule has 2 atom stereocenters. The molecule has 106 valence electrons. The van der Waals surface area contributed by atoms with Crippen molar-refractivity contribution in [1.82, 2.24) is 5.32 Å². The van der Waals surface area contributed by atoms with E-state index < -0.39 is 0 Å². The lowest BCUT2D eigenvalue weighted by atomic mass is 9.60. The smallest absolute Gasteiger partial charge is 0.0661 e. The Balaban J connectivity index is 1.72. The fourth-order valence-corrected chi connectivity index (χ4v) is 3.82. The summed E-state index contributed by atoms with van der Waals surface area (Å²) in [6.45, 7) is 5.01. The van der Waals surface area contributed by atoms with Crippen molar-refractivity contribution in [2.24, 2.45) is 5.41 Å². The standard InChI is InChI=1S/C15H29NO2/c1-3-18-14-12-13(15(14)8-4-5-9-15)16-10-6-7-11-17-2/h13-14,16H,3-12H2,1-2H3. The molecule has 2 aliphatic carbocycles. The van der Waals surface area contributed by atoms with Crippen LogP contribution in [0.2, 0.25) is 0 Å². The van der Waals surface area contributed by atoms with Crippen LogP contribution in [0, 0.1) is 5.41 Å².